The van der Waals surface area contributed by atoms with Crippen LogP contribution in [0.4, 0.5) is 0 Å². The average molecular weight is 391 g/mol. The molecular weight excluding hydrogens is 351 g/mol. The van der Waals surface area contributed by atoms with Crippen molar-refractivity contribution >= 4 is 11.9 Å². The van der Waals surface area contributed by atoms with Crippen LogP contribution in [0.2, 0.25) is 0 Å². The first-order chi connectivity index (χ1) is 12.3. The summed E-state index contributed by atoms with van der Waals surface area (Å²) in [6.45, 7) is 11.9. The maximum atomic E-state index is 12.4. The Morgan fingerprint density at radius 2 is 1.37 bits per heavy atom. The molecule has 0 spiro atoms. The maximum absolute atomic E-state index is 12.4. The number of rotatable bonds is 16. The average Bonchev–Trinajstić information content (AvgIpc) is 2.56. The Bertz CT molecular complexity index is 414. The quantitative estimate of drug-likeness (QED) is 0.217. The fourth-order valence-corrected chi connectivity index (χ4v) is 2.93. The smallest absolute Gasteiger partial charge is 0.548 e. The molecule has 152 valence electrons. The molecule has 0 rings (SSSR count). The molecule has 27 heavy (non-hydrogen) atoms. The van der Waals surface area contributed by atoms with Crippen LogP contribution in [-0.4, -0.2) is 30.5 Å². The van der Waals surface area contributed by atoms with E-state index in [1.165, 1.54) is 32.1 Å². The Balaban J connectivity index is 0. The number of amides is 1. The summed E-state index contributed by atoms with van der Waals surface area (Å²) in [7, 11) is 0. The number of unbranched alkanes of at least 4 members (excludes halogenated alkanes) is 7. The van der Waals surface area contributed by atoms with Crippen molar-refractivity contribution in [3.05, 3.63) is 12.7 Å². The van der Waals surface area contributed by atoms with E-state index in [0.29, 0.717) is 0 Å². The largest absolute Gasteiger partial charge is 1.00 e. The second kappa shape index (κ2) is 17.7. The van der Waals surface area contributed by atoms with Gasteiger partial charge in [-0.05, 0) is 37.6 Å². The third-order valence-electron chi connectivity index (χ3n) is 4.62. The first-order valence-electron chi connectivity index (χ1n) is 10.2. The van der Waals surface area contributed by atoms with Gasteiger partial charge in [0.2, 0.25) is 5.91 Å². The van der Waals surface area contributed by atoms with Crippen LogP contribution < -0.4 is 45.3 Å². The van der Waals surface area contributed by atoms with Crippen LogP contribution in [-0.2, 0) is 9.59 Å². The predicted molar refractivity (Wildman–Crippen MR) is 106 cm³/mol. The summed E-state index contributed by atoms with van der Waals surface area (Å²) in [6, 6.07) is -1.33. The van der Waals surface area contributed by atoms with Gasteiger partial charge in [-0.15, -0.1) is 6.58 Å². The normalized spacial score (nSPS) is 13.1. The van der Waals surface area contributed by atoms with Gasteiger partial charge in [-0.1, -0.05) is 65.9 Å². The zero-order valence-electron chi connectivity index (χ0n) is 18.2. The number of hydrogen-bond donors (Lipinski definition) is 2. The molecule has 0 aromatic rings. The summed E-state index contributed by atoms with van der Waals surface area (Å²) in [5, 5.41) is 17.1. The van der Waals surface area contributed by atoms with Crippen LogP contribution >= 0.6 is 0 Å². The second-order valence-electron chi connectivity index (χ2n) is 7.78. The van der Waals surface area contributed by atoms with Crippen molar-refractivity contribution in [1.29, 1.82) is 0 Å². The first kappa shape index (κ1) is 28.8. The molecule has 0 radical (unpaired) electrons. The number of carbonyl (C=O) groups is 2. The van der Waals surface area contributed by atoms with Crippen LogP contribution in [0.1, 0.15) is 79.1 Å². The van der Waals surface area contributed by atoms with Crippen molar-refractivity contribution < 1.29 is 44.3 Å². The topological polar surface area (TPSA) is 81.3 Å². The van der Waals surface area contributed by atoms with Gasteiger partial charge in [0.1, 0.15) is 0 Å². The van der Waals surface area contributed by atoms with Gasteiger partial charge in [0.15, 0.2) is 0 Å². The molecule has 0 aromatic heterocycles. The van der Waals surface area contributed by atoms with Crippen LogP contribution in [0.15, 0.2) is 12.7 Å². The van der Waals surface area contributed by atoms with Crippen LogP contribution in [0.5, 0.6) is 0 Å². The second-order valence-corrected chi connectivity index (χ2v) is 7.78. The molecule has 6 heteroatoms. The van der Waals surface area contributed by atoms with Crippen molar-refractivity contribution in [3.8, 4) is 0 Å². The van der Waals surface area contributed by atoms with Gasteiger partial charge >= 0.3 is 29.6 Å². The fraction of sp³-hybridized carbons (Fsp3) is 0.810. The first-order valence-corrected chi connectivity index (χ1v) is 10.2. The van der Waals surface area contributed by atoms with E-state index in [2.05, 4.69) is 17.2 Å². The SMILES string of the molecule is C=CCCCCCCCCCN[C@@H](C(=O)N[C@@H](C(=O)[O-])C(C)C)C(C)C.[Na+]. The molecule has 2 N–H and O–H groups in total. The van der Waals surface area contributed by atoms with Gasteiger partial charge in [0.25, 0.3) is 0 Å². The minimum Gasteiger partial charge on any atom is -0.548 e. The van der Waals surface area contributed by atoms with E-state index in [-0.39, 0.29) is 53.3 Å². The number of allylic oxidation sites excluding steroid dienone is 1. The van der Waals surface area contributed by atoms with Crippen molar-refractivity contribution in [2.75, 3.05) is 6.54 Å². The van der Waals surface area contributed by atoms with E-state index in [0.717, 1.165) is 25.8 Å². The van der Waals surface area contributed by atoms with Crippen molar-refractivity contribution in [3.63, 3.8) is 0 Å². The van der Waals surface area contributed by atoms with E-state index < -0.39 is 12.0 Å². The molecule has 0 aliphatic heterocycles. The zero-order valence-corrected chi connectivity index (χ0v) is 20.2. The molecule has 0 aliphatic carbocycles. The van der Waals surface area contributed by atoms with Crippen LogP contribution in [0.3, 0.4) is 0 Å². The van der Waals surface area contributed by atoms with Crippen LogP contribution in [0.25, 0.3) is 0 Å². The molecule has 5 nitrogen and oxygen atoms in total. The third-order valence-corrected chi connectivity index (χ3v) is 4.62. The Kier molecular flexibility index (Phi) is 18.9. The monoisotopic (exact) mass is 390 g/mol. The molecule has 0 aromatic carbocycles. The predicted octanol–water partition coefficient (Wildman–Crippen LogP) is -0.198. The molecule has 0 fully saturated rings. The third kappa shape index (κ3) is 14.3. The standard InChI is InChI=1S/C21H40N2O3.Na/c1-6-7-8-9-10-11-12-13-14-15-22-18(16(2)3)20(24)23-19(17(4)5)21(25)26;/h6,16-19,22H,1,7-15H2,2-5H3,(H,23,24)(H,25,26);/q;+1/p-1/t18-,19-;/m1./s1. The minimum absolute atomic E-state index is 0. The zero-order chi connectivity index (χ0) is 19.9. The van der Waals surface area contributed by atoms with Gasteiger partial charge in [0, 0.05) is 0 Å². The summed E-state index contributed by atoms with van der Waals surface area (Å²) >= 11 is 0. The number of aliphatic carboxylic acids is 1. The van der Waals surface area contributed by atoms with Crippen molar-refractivity contribution in [2.24, 2.45) is 11.8 Å². The molecule has 0 aliphatic rings. The van der Waals surface area contributed by atoms with Gasteiger partial charge in [-0.25, -0.2) is 0 Å². The van der Waals surface area contributed by atoms with E-state index >= 15 is 0 Å². The Morgan fingerprint density at radius 1 is 0.889 bits per heavy atom. The van der Waals surface area contributed by atoms with E-state index in [9.17, 15) is 14.7 Å². The molecule has 0 heterocycles. The molecule has 2 atom stereocenters. The van der Waals surface area contributed by atoms with Gasteiger partial charge in [0.05, 0.1) is 18.1 Å². The fourth-order valence-electron chi connectivity index (χ4n) is 2.93. The van der Waals surface area contributed by atoms with Crippen molar-refractivity contribution in [1.82, 2.24) is 10.6 Å². The minimum atomic E-state index is -1.23. The number of nitrogens with one attached hydrogen (secondary N) is 2. The van der Waals surface area contributed by atoms with E-state index in [1.54, 1.807) is 13.8 Å². The van der Waals surface area contributed by atoms with E-state index in [4.69, 9.17) is 0 Å². The summed E-state index contributed by atoms with van der Waals surface area (Å²) in [6.07, 6.45) is 11.5. The number of carboxylic acids is 1. The molecule has 0 bridgehead atoms. The molecule has 0 saturated heterocycles. The number of carbonyl (C=O) groups excluding carboxylic acids is 2. The summed E-state index contributed by atoms with van der Waals surface area (Å²) in [5.41, 5.74) is 0. The van der Waals surface area contributed by atoms with E-state index in [1.807, 2.05) is 19.9 Å². The summed E-state index contributed by atoms with van der Waals surface area (Å²) in [4.78, 5) is 23.6. The van der Waals surface area contributed by atoms with Gasteiger partial charge in [-0.3, -0.25) is 4.79 Å². The van der Waals surface area contributed by atoms with Crippen LogP contribution in [0, 0.1) is 11.8 Å². The van der Waals surface area contributed by atoms with Crippen molar-refractivity contribution in [2.45, 2.75) is 91.1 Å². The summed E-state index contributed by atoms with van der Waals surface area (Å²) in [5.74, 6) is -1.60. The Hall–Kier alpha value is -0.360. The summed E-state index contributed by atoms with van der Waals surface area (Å²) < 4.78 is 0. The molecular formula is C21H39N2NaO3. The molecule has 0 saturated carbocycles. The number of hydrogen-bond acceptors (Lipinski definition) is 4. The van der Waals surface area contributed by atoms with Gasteiger partial charge in [-0.2, -0.15) is 0 Å². The number of carboxylic acid groups (broad SMARTS) is 1. The molecule has 1 amide bonds. The maximum Gasteiger partial charge on any atom is 1.00 e. The Labute approximate surface area is 188 Å². The Morgan fingerprint density at radius 3 is 1.81 bits per heavy atom. The molecule has 0 unspecified atom stereocenters. The van der Waals surface area contributed by atoms with Gasteiger partial charge < -0.3 is 20.5 Å².